The van der Waals surface area contributed by atoms with Crippen molar-refractivity contribution in [3.8, 4) is 5.75 Å². The third-order valence-corrected chi connectivity index (χ3v) is 3.86. The number of hydrogen-bond acceptors (Lipinski definition) is 4. The molecule has 6 heteroatoms. The van der Waals surface area contributed by atoms with Crippen molar-refractivity contribution in [3.63, 3.8) is 0 Å². The van der Waals surface area contributed by atoms with Crippen LogP contribution in [0.25, 0.3) is 0 Å². The van der Waals surface area contributed by atoms with Gasteiger partial charge < -0.3 is 15.4 Å². The molecule has 0 fully saturated rings. The number of halogens is 1. The molecule has 0 saturated carbocycles. The van der Waals surface area contributed by atoms with Crippen LogP contribution in [0.4, 0.5) is 15.9 Å². The molecule has 138 valence electrons. The van der Waals surface area contributed by atoms with Gasteiger partial charge in [0.15, 0.2) is 6.61 Å². The fourth-order valence-electron chi connectivity index (χ4n) is 2.37. The normalized spacial score (nSPS) is 10.3. The standard InChI is InChI=1S/C21H20FN3O2/c1-15-6-9-18(10-7-15)27-14-21(26)25-20-11-8-17(13-24-20)23-12-16-4-2-3-5-19(16)22/h2-11,13,23H,12,14H2,1H3,(H,24,25,26). The van der Waals surface area contributed by atoms with Gasteiger partial charge in [-0.3, -0.25) is 4.79 Å². The zero-order valence-corrected chi connectivity index (χ0v) is 14.9. The SMILES string of the molecule is Cc1ccc(OCC(=O)Nc2ccc(NCc3ccccc3F)cn2)cc1. The monoisotopic (exact) mass is 365 g/mol. The van der Waals surface area contributed by atoms with Crippen molar-refractivity contribution in [3.05, 3.63) is 83.8 Å². The molecule has 1 aromatic heterocycles. The maximum atomic E-state index is 13.6. The Bertz CT molecular complexity index is 896. The number of aryl methyl sites for hydroxylation is 1. The molecule has 2 aromatic carbocycles. The van der Waals surface area contributed by atoms with Gasteiger partial charge in [0.05, 0.1) is 11.9 Å². The first-order chi connectivity index (χ1) is 13.1. The van der Waals surface area contributed by atoms with Crippen molar-refractivity contribution in [2.45, 2.75) is 13.5 Å². The zero-order chi connectivity index (χ0) is 19.1. The van der Waals surface area contributed by atoms with Crippen LogP contribution in [0.2, 0.25) is 0 Å². The minimum absolute atomic E-state index is 0.0992. The van der Waals surface area contributed by atoms with Crippen LogP contribution in [0.3, 0.4) is 0 Å². The van der Waals surface area contributed by atoms with Gasteiger partial charge >= 0.3 is 0 Å². The predicted molar refractivity (Wildman–Crippen MR) is 103 cm³/mol. The molecule has 0 radical (unpaired) electrons. The number of aromatic nitrogens is 1. The largest absolute Gasteiger partial charge is 0.484 e. The highest BCUT2D eigenvalue weighted by molar-refractivity contribution is 5.91. The molecule has 2 N–H and O–H groups in total. The summed E-state index contributed by atoms with van der Waals surface area (Å²) in [5, 5.41) is 5.76. The molecule has 0 aliphatic carbocycles. The van der Waals surface area contributed by atoms with Crippen LogP contribution in [0.1, 0.15) is 11.1 Å². The minimum Gasteiger partial charge on any atom is -0.484 e. The fourth-order valence-corrected chi connectivity index (χ4v) is 2.37. The number of ether oxygens (including phenoxy) is 1. The van der Waals surface area contributed by atoms with Crippen LogP contribution in [0.15, 0.2) is 66.9 Å². The highest BCUT2D eigenvalue weighted by Gasteiger charge is 2.05. The summed E-state index contributed by atoms with van der Waals surface area (Å²) in [6.45, 7) is 2.24. The molecule has 3 rings (SSSR count). The topological polar surface area (TPSA) is 63.2 Å². The van der Waals surface area contributed by atoms with Gasteiger partial charge in [0.25, 0.3) is 5.91 Å². The lowest BCUT2D eigenvalue weighted by Crippen LogP contribution is -2.20. The van der Waals surface area contributed by atoms with Gasteiger partial charge in [-0.05, 0) is 37.3 Å². The number of amides is 1. The molecular formula is C21H20FN3O2. The Morgan fingerprint density at radius 1 is 1.07 bits per heavy atom. The van der Waals surface area contributed by atoms with Crippen LogP contribution < -0.4 is 15.4 Å². The highest BCUT2D eigenvalue weighted by atomic mass is 19.1. The Morgan fingerprint density at radius 2 is 1.85 bits per heavy atom. The van der Waals surface area contributed by atoms with E-state index in [1.54, 1.807) is 36.5 Å². The molecule has 0 aliphatic heterocycles. The highest BCUT2D eigenvalue weighted by Crippen LogP contribution is 2.14. The molecule has 1 amide bonds. The molecule has 0 unspecified atom stereocenters. The van der Waals surface area contributed by atoms with Gasteiger partial charge in [-0.15, -0.1) is 0 Å². The lowest BCUT2D eigenvalue weighted by molar-refractivity contribution is -0.118. The second kappa shape index (κ2) is 8.80. The van der Waals surface area contributed by atoms with Gasteiger partial charge in [-0.25, -0.2) is 9.37 Å². The van der Waals surface area contributed by atoms with Crippen LogP contribution in [-0.2, 0) is 11.3 Å². The van der Waals surface area contributed by atoms with E-state index in [0.717, 1.165) is 11.3 Å². The van der Waals surface area contributed by atoms with E-state index < -0.39 is 0 Å². The molecule has 0 aliphatic rings. The van der Waals surface area contributed by atoms with Crippen LogP contribution in [0, 0.1) is 12.7 Å². The lowest BCUT2D eigenvalue weighted by Gasteiger charge is -2.09. The molecule has 0 saturated heterocycles. The Kier molecular flexibility index (Phi) is 5.99. The molecule has 0 bridgehead atoms. The van der Waals surface area contributed by atoms with E-state index in [-0.39, 0.29) is 18.3 Å². The number of benzene rings is 2. The maximum Gasteiger partial charge on any atom is 0.263 e. The second-order valence-corrected chi connectivity index (χ2v) is 6.03. The molecule has 0 spiro atoms. The van der Waals surface area contributed by atoms with Gasteiger partial charge in [-0.2, -0.15) is 0 Å². The third-order valence-electron chi connectivity index (χ3n) is 3.86. The Morgan fingerprint density at radius 3 is 2.56 bits per heavy atom. The van der Waals surface area contributed by atoms with Crippen molar-refractivity contribution in [2.24, 2.45) is 0 Å². The van der Waals surface area contributed by atoms with Crippen molar-refractivity contribution < 1.29 is 13.9 Å². The number of hydrogen-bond donors (Lipinski definition) is 2. The van der Waals surface area contributed by atoms with E-state index in [9.17, 15) is 9.18 Å². The van der Waals surface area contributed by atoms with Crippen LogP contribution in [0.5, 0.6) is 5.75 Å². The summed E-state index contributed by atoms with van der Waals surface area (Å²) in [6, 6.07) is 17.5. The van der Waals surface area contributed by atoms with E-state index in [0.29, 0.717) is 23.7 Å². The van der Waals surface area contributed by atoms with Crippen LogP contribution in [-0.4, -0.2) is 17.5 Å². The minimum atomic E-state index is -0.296. The van der Waals surface area contributed by atoms with Crippen LogP contribution >= 0.6 is 0 Å². The number of nitrogens with zero attached hydrogens (tertiary/aromatic N) is 1. The summed E-state index contributed by atoms with van der Waals surface area (Å²) in [5.74, 6) is 0.505. The summed E-state index contributed by atoms with van der Waals surface area (Å²) in [5.41, 5.74) is 2.43. The number of rotatable bonds is 7. The number of carbonyl (C=O) groups excluding carboxylic acids is 1. The molecule has 0 atom stereocenters. The third kappa shape index (κ3) is 5.54. The van der Waals surface area contributed by atoms with Gasteiger partial charge in [-0.1, -0.05) is 35.9 Å². The fraction of sp³-hybridized carbons (Fsp3) is 0.143. The van der Waals surface area contributed by atoms with E-state index in [2.05, 4.69) is 15.6 Å². The number of nitrogens with one attached hydrogen (secondary N) is 2. The second-order valence-electron chi connectivity index (χ2n) is 6.03. The van der Waals surface area contributed by atoms with Gasteiger partial charge in [0.1, 0.15) is 17.4 Å². The van der Waals surface area contributed by atoms with E-state index in [1.807, 2.05) is 31.2 Å². The number of anilines is 2. The van der Waals surface area contributed by atoms with E-state index >= 15 is 0 Å². The Labute approximate surface area is 157 Å². The Balaban J connectivity index is 1.47. The predicted octanol–water partition coefficient (Wildman–Crippen LogP) is 4.16. The first-order valence-corrected chi connectivity index (χ1v) is 8.53. The van der Waals surface area contributed by atoms with Gasteiger partial charge in [0, 0.05) is 12.1 Å². The maximum absolute atomic E-state index is 13.6. The summed E-state index contributed by atoms with van der Waals surface area (Å²) < 4.78 is 19.0. The lowest BCUT2D eigenvalue weighted by atomic mass is 10.2. The molecule has 5 nitrogen and oxygen atoms in total. The first kappa shape index (κ1) is 18.4. The first-order valence-electron chi connectivity index (χ1n) is 8.53. The zero-order valence-electron chi connectivity index (χ0n) is 14.9. The van der Waals surface area contributed by atoms with Gasteiger partial charge in [0.2, 0.25) is 0 Å². The van der Waals surface area contributed by atoms with Crippen molar-refractivity contribution >= 4 is 17.4 Å². The average Bonchev–Trinajstić information content (AvgIpc) is 2.68. The summed E-state index contributed by atoms with van der Waals surface area (Å²) in [7, 11) is 0. The van der Waals surface area contributed by atoms with Crippen molar-refractivity contribution in [1.82, 2.24) is 4.98 Å². The average molecular weight is 365 g/mol. The summed E-state index contributed by atoms with van der Waals surface area (Å²) in [6.07, 6.45) is 1.58. The van der Waals surface area contributed by atoms with Crippen molar-refractivity contribution in [2.75, 3.05) is 17.2 Å². The smallest absolute Gasteiger partial charge is 0.263 e. The molecular weight excluding hydrogens is 345 g/mol. The Hall–Kier alpha value is -3.41. The molecule has 3 aromatic rings. The molecule has 27 heavy (non-hydrogen) atoms. The quantitative estimate of drug-likeness (QED) is 0.660. The summed E-state index contributed by atoms with van der Waals surface area (Å²) in [4.78, 5) is 16.1. The van der Waals surface area contributed by atoms with Crippen molar-refractivity contribution in [1.29, 1.82) is 0 Å². The van der Waals surface area contributed by atoms with E-state index in [1.165, 1.54) is 6.07 Å². The number of pyridine rings is 1. The van der Waals surface area contributed by atoms with E-state index in [4.69, 9.17) is 4.74 Å². The molecule has 1 heterocycles. The number of carbonyl (C=O) groups is 1. The summed E-state index contributed by atoms with van der Waals surface area (Å²) >= 11 is 0.